The van der Waals surface area contributed by atoms with Crippen LogP contribution in [0.2, 0.25) is 0 Å². The Morgan fingerprint density at radius 3 is 2.08 bits per heavy atom. The molecule has 5 aliphatic carbocycles. The maximum atomic E-state index is 14.9. The third kappa shape index (κ3) is 7.99. The normalized spacial score (nSPS) is 41.1. The van der Waals surface area contributed by atoms with E-state index in [-0.39, 0.29) is 75.9 Å². The largest absolute Gasteiger partial charge is 0.469 e. The summed E-state index contributed by atoms with van der Waals surface area (Å²) in [6, 6.07) is 0. The molecule has 5 fully saturated rings. The quantitative estimate of drug-likeness (QED) is 0.180. The SMILES string of the molecule is COC(=O)[C@@]1(C)CC[C@]2(C)CC[C@]3(C)C(=CC(=O)[C@@H]4[C@@]5(C)CC[C@H](OCc6cn(C7O[C@H](COC(C)=O)[C@@H](OC(C)=O)[C@H](OC(C)=O)[C@@H]7OC(C)=O)nn6)C(C)(C)C5CC[C@]43C)[C@H]2C1. The zero-order valence-corrected chi connectivity index (χ0v) is 39.8. The van der Waals surface area contributed by atoms with Crippen LogP contribution in [0, 0.1) is 50.2 Å². The maximum absolute atomic E-state index is 14.9. The third-order valence-corrected chi connectivity index (χ3v) is 17.4. The second kappa shape index (κ2) is 16.9. The molecule has 0 aromatic carbocycles. The monoisotopic (exact) mass is 895 g/mol. The van der Waals surface area contributed by atoms with Crippen molar-refractivity contribution in [2.75, 3.05) is 13.7 Å². The average molecular weight is 896 g/mol. The van der Waals surface area contributed by atoms with Gasteiger partial charge in [-0.05, 0) is 110 Å². The first-order chi connectivity index (χ1) is 29.8. The van der Waals surface area contributed by atoms with E-state index in [1.54, 1.807) is 6.20 Å². The van der Waals surface area contributed by atoms with Gasteiger partial charge in [-0.1, -0.05) is 52.3 Å². The lowest BCUT2D eigenvalue weighted by molar-refractivity contribution is -0.270. The van der Waals surface area contributed by atoms with Gasteiger partial charge >= 0.3 is 29.8 Å². The van der Waals surface area contributed by atoms with Crippen LogP contribution in [0.1, 0.15) is 146 Å². The fourth-order valence-electron chi connectivity index (χ4n) is 14.0. The van der Waals surface area contributed by atoms with Crippen molar-refractivity contribution in [1.82, 2.24) is 15.0 Å². The molecule has 4 saturated carbocycles. The Hall–Kier alpha value is -4.18. The Labute approximate surface area is 376 Å². The molecule has 2 unspecified atom stereocenters. The van der Waals surface area contributed by atoms with Crippen molar-refractivity contribution in [2.45, 2.75) is 177 Å². The molecule has 64 heavy (non-hydrogen) atoms. The molecule has 2 heterocycles. The summed E-state index contributed by atoms with van der Waals surface area (Å²) in [4.78, 5) is 76.9. The molecule has 1 aromatic heterocycles. The van der Waals surface area contributed by atoms with E-state index < -0.39 is 59.9 Å². The minimum absolute atomic E-state index is 0.0357. The van der Waals surface area contributed by atoms with Gasteiger partial charge in [0.05, 0.1) is 31.4 Å². The number of rotatable bonds is 10. The van der Waals surface area contributed by atoms with Gasteiger partial charge in [-0.2, -0.15) is 0 Å². The highest BCUT2D eigenvalue weighted by molar-refractivity contribution is 5.95. The van der Waals surface area contributed by atoms with Gasteiger partial charge in [-0.25, -0.2) is 4.68 Å². The topological polar surface area (TPSA) is 198 Å². The average Bonchev–Trinajstić information content (AvgIpc) is 3.67. The van der Waals surface area contributed by atoms with Gasteiger partial charge < -0.3 is 33.2 Å². The smallest absolute Gasteiger partial charge is 0.311 e. The van der Waals surface area contributed by atoms with Crippen LogP contribution in [0.4, 0.5) is 0 Å². The first-order valence-corrected chi connectivity index (χ1v) is 23.0. The zero-order valence-electron chi connectivity index (χ0n) is 39.8. The van der Waals surface area contributed by atoms with Crippen LogP contribution >= 0.6 is 0 Å². The van der Waals surface area contributed by atoms with E-state index in [1.807, 2.05) is 13.0 Å². The Kier molecular flexibility index (Phi) is 12.6. The summed E-state index contributed by atoms with van der Waals surface area (Å²) in [5.41, 5.74) is 0.154. The number of allylic oxidation sites excluding steroid dienone is 2. The molecule has 0 radical (unpaired) electrons. The summed E-state index contributed by atoms with van der Waals surface area (Å²) >= 11 is 0. The lowest BCUT2D eigenvalue weighted by Crippen LogP contribution is -2.66. The van der Waals surface area contributed by atoms with Crippen molar-refractivity contribution in [3.8, 4) is 0 Å². The first kappa shape index (κ1) is 47.8. The van der Waals surface area contributed by atoms with E-state index in [2.05, 4.69) is 51.9 Å². The van der Waals surface area contributed by atoms with Gasteiger partial charge in [0, 0.05) is 33.6 Å². The van der Waals surface area contributed by atoms with Gasteiger partial charge in [0.25, 0.3) is 0 Å². The Balaban J connectivity index is 1.11. The van der Waals surface area contributed by atoms with E-state index in [0.29, 0.717) is 12.1 Å². The molecule has 16 nitrogen and oxygen atoms in total. The highest BCUT2D eigenvalue weighted by Crippen LogP contribution is 2.75. The van der Waals surface area contributed by atoms with Crippen molar-refractivity contribution >= 4 is 35.6 Å². The highest BCUT2D eigenvalue weighted by atomic mass is 16.7. The first-order valence-electron chi connectivity index (χ1n) is 23.0. The number of fused-ring (bicyclic) bond motifs is 7. The number of ketones is 1. The summed E-state index contributed by atoms with van der Waals surface area (Å²) in [5, 5.41) is 8.68. The minimum Gasteiger partial charge on any atom is -0.469 e. The van der Waals surface area contributed by atoms with E-state index in [1.165, 1.54) is 38.1 Å². The molecule has 7 rings (SSSR count). The molecular formula is C48H69N3O13. The fourth-order valence-corrected chi connectivity index (χ4v) is 14.0. The number of ether oxygens (including phenoxy) is 7. The summed E-state index contributed by atoms with van der Waals surface area (Å²) < 4.78 is 41.6. The standard InChI is InChI=1S/C48H69N3O13/c1-26(52)59-25-34-37(61-27(2)53)38(62-28(3)54)39(63-29(4)55)41(64-34)51-23-30(49-50-51)24-60-36-14-15-46(9)35(43(36,5)6)13-16-48(11)40(46)33(56)21-31-32-22-45(8,42(57)58-12)18-17-44(32,7)19-20-47(31,48)10/h21,23,32,34-41H,13-20,22,24-25H2,1-12H3/t32-,34-,35?,36+,37-,38+,39+,40-,41?,44-,45+,46+,47-,48-/m1/s1. The molecule has 1 aromatic rings. The molecule has 0 bridgehead atoms. The molecule has 1 saturated heterocycles. The van der Waals surface area contributed by atoms with Crippen LogP contribution in [0.15, 0.2) is 17.8 Å². The Morgan fingerprint density at radius 2 is 1.44 bits per heavy atom. The second-order valence-corrected chi connectivity index (χ2v) is 21.7. The molecule has 0 spiro atoms. The minimum atomic E-state index is -1.35. The predicted molar refractivity (Wildman–Crippen MR) is 227 cm³/mol. The number of carbonyl (C=O) groups is 6. The number of nitrogens with zero attached hydrogens (tertiary/aromatic N) is 3. The predicted octanol–water partition coefficient (Wildman–Crippen LogP) is 6.57. The summed E-state index contributed by atoms with van der Waals surface area (Å²) in [6.07, 6.45) is 5.05. The summed E-state index contributed by atoms with van der Waals surface area (Å²) in [6.45, 7) is 20.5. The van der Waals surface area contributed by atoms with Crippen LogP contribution < -0.4 is 0 Å². The lowest BCUT2D eigenvalue weighted by atomic mass is 9.33. The van der Waals surface area contributed by atoms with Gasteiger partial charge in [-0.15, -0.1) is 5.10 Å². The van der Waals surface area contributed by atoms with Gasteiger partial charge in [0.15, 0.2) is 30.3 Å². The summed E-state index contributed by atoms with van der Waals surface area (Å²) in [5.74, 6) is -2.55. The molecule has 14 atom stereocenters. The van der Waals surface area contributed by atoms with E-state index in [0.717, 1.165) is 58.3 Å². The Morgan fingerprint density at radius 1 is 0.797 bits per heavy atom. The molecule has 16 heteroatoms. The lowest BCUT2D eigenvalue weighted by Gasteiger charge is -2.70. The second-order valence-electron chi connectivity index (χ2n) is 21.7. The number of hydrogen-bond acceptors (Lipinski definition) is 15. The van der Waals surface area contributed by atoms with E-state index >= 15 is 0 Å². The molecule has 1 aliphatic heterocycles. The van der Waals surface area contributed by atoms with Gasteiger partial charge in [-0.3, -0.25) is 28.8 Å². The Bertz CT molecular complexity index is 2080. The number of esters is 5. The molecule has 6 aliphatic rings. The van der Waals surface area contributed by atoms with Crippen LogP contribution in [-0.2, 0) is 68.5 Å². The number of carbonyl (C=O) groups excluding carboxylic acids is 6. The molecular weight excluding hydrogens is 827 g/mol. The highest BCUT2D eigenvalue weighted by Gasteiger charge is 2.70. The number of aromatic nitrogens is 3. The van der Waals surface area contributed by atoms with Crippen molar-refractivity contribution in [1.29, 1.82) is 0 Å². The summed E-state index contributed by atoms with van der Waals surface area (Å²) in [7, 11) is 1.48. The number of methoxy groups -OCH3 is 1. The molecule has 354 valence electrons. The van der Waals surface area contributed by atoms with Crippen LogP contribution in [0.25, 0.3) is 0 Å². The number of hydrogen-bond donors (Lipinski definition) is 0. The maximum Gasteiger partial charge on any atom is 0.311 e. The van der Waals surface area contributed by atoms with Crippen molar-refractivity contribution in [2.24, 2.45) is 50.2 Å². The fraction of sp³-hybridized carbons (Fsp3) is 0.792. The van der Waals surface area contributed by atoms with Gasteiger partial charge in [0.1, 0.15) is 18.4 Å². The van der Waals surface area contributed by atoms with Crippen molar-refractivity contribution in [3.05, 3.63) is 23.5 Å². The molecule has 0 amide bonds. The van der Waals surface area contributed by atoms with Crippen LogP contribution in [-0.4, -0.2) is 94.9 Å². The zero-order chi connectivity index (χ0) is 46.9. The van der Waals surface area contributed by atoms with Crippen molar-refractivity contribution in [3.63, 3.8) is 0 Å². The van der Waals surface area contributed by atoms with Crippen molar-refractivity contribution < 1.29 is 61.9 Å². The van der Waals surface area contributed by atoms with Crippen LogP contribution in [0.5, 0.6) is 0 Å². The van der Waals surface area contributed by atoms with Crippen LogP contribution in [0.3, 0.4) is 0 Å². The van der Waals surface area contributed by atoms with E-state index in [4.69, 9.17) is 33.2 Å². The molecule has 0 N–H and O–H groups in total. The third-order valence-electron chi connectivity index (χ3n) is 17.4. The van der Waals surface area contributed by atoms with Gasteiger partial charge in [0.2, 0.25) is 0 Å². The van der Waals surface area contributed by atoms with E-state index in [9.17, 15) is 28.8 Å².